The number of hydrogen-bond donors (Lipinski definition) is 2. The topological polar surface area (TPSA) is 194 Å². The van der Waals surface area contributed by atoms with E-state index < -0.39 is 5.97 Å². The Hall–Kier alpha value is -2.03. The van der Waals surface area contributed by atoms with Crippen LogP contribution in [0.4, 0.5) is 0 Å². The molecule has 0 heterocycles. The average molecular weight is 702 g/mol. The van der Waals surface area contributed by atoms with Crippen molar-refractivity contribution in [1.29, 1.82) is 0 Å². The molecule has 0 unspecified atom stereocenters. The van der Waals surface area contributed by atoms with Crippen molar-refractivity contribution in [1.82, 2.24) is 5.32 Å². The zero-order chi connectivity index (χ0) is 35.0. The molecule has 0 radical (unpaired) electrons. The Labute approximate surface area is 284 Å². The van der Waals surface area contributed by atoms with E-state index in [0.29, 0.717) is 158 Å². The minimum absolute atomic E-state index is 0.0134. The highest BCUT2D eigenvalue weighted by Gasteiger charge is 2.04. The van der Waals surface area contributed by atoms with Gasteiger partial charge in [-0.15, -0.1) is 0 Å². The molecule has 0 aliphatic carbocycles. The first kappa shape index (κ1) is 46.0. The summed E-state index contributed by atoms with van der Waals surface area (Å²) in [6.45, 7) is 10.6. The van der Waals surface area contributed by atoms with Crippen LogP contribution in [0.1, 0.15) is 25.7 Å². The average Bonchev–Trinajstić information content (AvgIpc) is 3.08. The predicted octanol–water partition coefficient (Wildman–Crippen LogP) is 0.103. The molecule has 17 nitrogen and oxygen atoms in total. The third kappa shape index (κ3) is 40.1. The van der Waals surface area contributed by atoms with Crippen LogP contribution in [-0.4, -0.2) is 182 Å². The van der Waals surface area contributed by atoms with Crippen molar-refractivity contribution in [2.75, 3.05) is 159 Å². The van der Waals surface area contributed by atoms with Crippen molar-refractivity contribution >= 4 is 17.8 Å². The van der Waals surface area contributed by atoms with Crippen LogP contribution in [0.2, 0.25) is 0 Å². The summed E-state index contributed by atoms with van der Waals surface area (Å²) in [6, 6.07) is 0. The molecule has 0 fully saturated rings. The minimum atomic E-state index is -0.986. The van der Waals surface area contributed by atoms with Gasteiger partial charge in [0.05, 0.1) is 159 Å². The first-order chi connectivity index (χ1) is 23.6. The van der Waals surface area contributed by atoms with Crippen molar-refractivity contribution in [3.8, 4) is 0 Å². The molecule has 0 aromatic heterocycles. The fourth-order valence-corrected chi connectivity index (χ4v) is 3.27. The van der Waals surface area contributed by atoms with Gasteiger partial charge >= 0.3 is 11.9 Å². The Bertz CT molecular complexity index is 718. The molecule has 0 aromatic carbocycles. The highest BCUT2D eigenvalue weighted by molar-refractivity contribution is 5.80. The van der Waals surface area contributed by atoms with Crippen molar-refractivity contribution < 1.29 is 76.3 Å². The maximum Gasteiger partial charge on any atom is 0.307 e. The molecule has 2 N–H and O–H groups in total. The molecule has 1 amide bonds. The number of ether oxygens (including phenoxy) is 12. The van der Waals surface area contributed by atoms with Crippen LogP contribution < -0.4 is 5.32 Å². The number of esters is 1. The maximum absolute atomic E-state index is 11.4. The van der Waals surface area contributed by atoms with Crippen LogP contribution in [-0.2, 0) is 71.2 Å². The van der Waals surface area contributed by atoms with Gasteiger partial charge < -0.3 is 67.3 Å². The number of carbonyl (C=O) groups excluding carboxylic acids is 2. The van der Waals surface area contributed by atoms with E-state index in [1.54, 1.807) is 0 Å². The van der Waals surface area contributed by atoms with E-state index in [1.807, 2.05) is 0 Å². The molecule has 0 atom stereocenters. The number of amides is 1. The number of carbonyl (C=O) groups is 3. The van der Waals surface area contributed by atoms with E-state index in [1.165, 1.54) is 7.11 Å². The lowest BCUT2D eigenvalue weighted by molar-refractivity contribution is -0.142. The number of aliphatic carboxylic acids is 1. The molecule has 48 heavy (non-hydrogen) atoms. The predicted molar refractivity (Wildman–Crippen MR) is 170 cm³/mol. The second-order valence-electron chi connectivity index (χ2n) is 9.66. The molecule has 0 saturated heterocycles. The van der Waals surface area contributed by atoms with E-state index in [-0.39, 0.29) is 31.1 Å². The summed E-state index contributed by atoms with van der Waals surface area (Å²) in [5.74, 6) is -1.55. The van der Waals surface area contributed by atoms with Gasteiger partial charge in [0.25, 0.3) is 0 Å². The van der Waals surface area contributed by atoms with Gasteiger partial charge in [0.15, 0.2) is 0 Å². The zero-order valence-corrected chi connectivity index (χ0v) is 28.7. The summed E-state index contributed by atoms with van der Waals surface area (Å²) in [5, 5.41) is 11.2. The Balaban J connectivity index is 3.09. The summed E-state index contributed by atoms with van der Waals surface area (Å²) < 4.78 is 64.1. The molecule has 0 rings (SSSR count). The van der Waals surface area contributed by atoms with Gasteiger partial charge in [0, 0.05) is 19.6 Å². The van der Waals surface area contributed by atoms with Gasteiger partial charge in [-0.05, 0) is 6.42 Å². The smallest absolute Gasteiger partial charge is 0.307 e. The van der Waals surface area contributed by atoms with Crippen LogP contribution >= 0.6 is 0 Å². The Kier molecular flexibility index (Phi) is 37.7. The van der Waals surface area contributed by atoms with E-state index in [2.05, 4.69) is 10.1 Å². The van der Waals surface area contributed by atoms with Gasteiger partial charge in [-0.2, -0.15) is 0 Å². The Morgan fingerprint density at radius 1 is 0.417 bits per heavy atom. The summed E-state index contributed by atoms with van der Waals surface area (Å²) in [6.07, 6.45) is 0.704. The van der Waals surface area contributed by atoms with Gasteiger partial charge in [-0.25, -0.2) is 0 Å². The highest BCUT2D eigenvalue weighted by atomic mass is 16.6. The van der Waals surface area contributed by atoms with Crippen molar-refractivity contribution in [2.45, 2.75) is 25.7 Å². The Morgan fingerprint density at radius 3 is 1.00 bits per heavy atom. The molecule has 0 bridgehead atoms. The lowest BCUT2D eigenvalue weighted by Crippen LogP contribution is -2.25. The molecular weight excluding hydrogens is 642 g/mol. The number of methoxy groups -OCH3 is 1. The fraction of sp³-hybridized carbons (Fsp3) is 0.903. The van der Waals surface area contributed by atoms with Crippen LogP contribution in [0.5, 0.6) is 0 Å². The minimum Gasteiger partial charge on any atom is -0.481 e. The molecule has 0 saturated carbocycles. The summed E-state index contributed by atoms with van der Waals surface area (Å²) >= 11 is 0. The van der Waals surface area contributed by atoms with E-state index in [9.17, 15) is 14.4 Å². The maximum atomic E-state index is 11.4. The molecule has 0 aromatic rings. The largest absolute Gasteiger partial charge is 0.481 e. The molecule has 284 valence electrons. The third-order valence-corrected chi connectivity index (χ3v) is 5.75. The highest BCUT2D eigenvalue weighted by Crippen LogP contribution is 1.91. The number of rotatable bonds is 40. The van der Waals surface area contributed by atoms with Gasteiger partial charge in [0.1, 0.15) is 0 Å². The quantitative estimate of drug-likeness (QED) is 0.0645. The summed E-state index contributed by atoms with van der Waals surface area (Å²) in [5.41, 5.74) is 0. The van der Waals surface area contributed by atoms with Crippen LogP contribution in [0, 0.1) is 0 Å². The lowest BCUT2D eigenvalue weighted by atomic mass is 10.3. The number of nitrogens with one attached hydrogen (secondary N) is 1. The molecular formula is C31H59NO16. The first-order valence-corrected chi connectivity index (χ1v) is 16.5. The normalized spacial score (nSPS) is 11.2. The zero-order valence-electron chi connectivity index (χ0n) is 28.7. The van der Waals surface area contributed by atoms with Gasteiger partial charge in [0.2, 0.25) is 5.91 Å². The van der Waals surface area contributed by atoms with Crippen molar-refractivity contribution in [2.24, 2.45) is 0 Å². The lowest BCUT2D eigenvalue weighted by Gasteiger charge is -2.09. The Morgan fingerprint density at radius 2 is 0.708 bits per heavy atom. The van der Waals surface area contributed by atoms with E-state index in [0.717, 1.165) is 0 Å². The van der Waals surface area contributed by atoms with E-state index in [4.69, 9.17) is 57.2 Å². The van der Waals surface area contributed by atoms with E-state index >= 15 is 0 Å². The monoisotopic (exact) mass is 701 g/mol. The SMILES string of the molecule is COC(=O)CCOCCOCCOCCOCCOCCOCCOCCOCCOCCOCCOCCCNC(=O)CCC(=O)O. The molecule has 0 aliphatic heterocycles. The fourth-order valence-electron chi connectivity index (χ4n) is 3.27. The summed E-state index contributed by atoms with van der Waals surface area (Å²) in [4.78, 5) is 32.7. The number of carboxylic acids is 1. The van der Waals surface area contributed by atoms with Crippen molar-refractivity contribution in [3.63, 3.8) is 0 Å². The number of carboxylic acid groups (broad SMARTS) is 1. The van der Waals surface area contributed by atoms with Crippen LogP contribution in [0.15, 0.2) is 0 Å². The first-order valence-electron chi connectivity index (χ1n) is 16.5. The standard InChI is InChI=1S/C31H59NO16/c1-37-31(36)5-8-39-10-12-41-14-16-43-18-20-45-22-24-47-26-28-48-27-25-46-23-21-44-19-17-42-15-13-40-11-9-38-7-2-6-32-29(33)3-4-30(34)35/h2-28H2,1H3,(H,32,33)(H,34,35). The summed E-state index contributed by atoms with van der Waals surface area (Å²) in [7, 11) is 1.35. The number of hydrogen-bond acceptors (Lipinski definition) is 15. The van der Waals surface area contributed by atoms with Crippen LogP contribution in [0.3, 0.4) is 0 Å². The molecule has 0 aliphatic rings. The molecule has 17 heteroatoms. The third-order valence-electron chi connectivity index (χ3n) is 5.75. The van der Waals surface area contributed by atoms with Gasteiger partial charge in [-0.3, -0.25) is 14.4 Å². The second kappa shape index (κ2) is 39.4. The van der Waals surface area contributed by atoms with Crippen molar-refractivity contribution in [3.05, 3.63) is 0 Å². The van der Waals surface area contributed by atoms with Gasteiger partial charge in [-0.1, -0.05) is 0 Å². The molecule has 0 spiro atoms. The second-order valence-corrected chi connectivity index (χ2v) is 9.66. The van der Waals surface area contributed by atoms with Crippen LogP contribution in [0.25, 0.3) is 0 Å².